The number of pyridine rings is 1. The molecule has 178 valence electrons. The van der Waals surface area contributed by atoms with E-state index in [0.29, 0.717) is 22.7 Å². The Labute approximate surface area is 197 Å². The van der Waals surface area contributed by atoms with Crippen LogP contribution < -0.4 is 4.74 Å². The van der Waals surface area contributed by atoms with Crippen LogP contribution in [0.1, 0.15) is 83.5 Å². The summed E-state index contributed by atoms with van der Waals surface area (Å²) >= 11 is 0. The fraction of sp³-hybridized carbons (Fsp3) is 0.793. The smallest absolute Gasteiger partial charge is 0.309 e. The van der Waals surface area contributed by atoms with Gasteiger partial charge in [-0.3, -0.25) is 4.79 Å². The van der Waals surface area contributed by atoms with Gasteiger partial charge in [-0.1, -0.05) is 18.9 Å². The lowest BCUT2D eigenvalue weighted by atomic mass is 9.50. The van der Waals surface area contributed by atoms with E-state index in [1.807, 2.05) is 24.4 Å². The molecule has 6 saturated carbocycles. The molecule has 6 fully saturated rings. The van der Waals surface area contributed by atoms with Crippen molar-refractivity contribution in [2.75, 3.05) is 6.61 Å². The molecule has 7 rings (SSSR count). The summed E-state index contributed by atoms with van der Waals surface area (Å²) < 4.78 is 6.12. The molecule has 0 saturated heterocycles. The lowest BCUT2D eigenvalue weighted by molar-refractivity contribution is -0.152. The standard InChI is InChI=1S/C29H39NO3/c31-26(32)29-6-3-4-19-11-24(29)16-28(12-19,18-29)27-13-20-8-21(10-23(15-27)22(9-20)14-27)17-33-25-5-1-2-7-30-25/h1-2,5,7,19-24H,3-4,6,8-18H2,(H,31,32). The van der Waals surface area contributed by atoms with Gasteiger partial charge in [-0.25, -0.2) is 4.98 Å². The molecule has 1 heterocycles. The molecule has 9 unspecified atom stereocenters. The molecule has 6 aliphatic carbocycles. The highest BCUT2D eigenvalue weighted by Gasteiger charge is 2.70. The number of aromatic nitrogens is 1. The van der Waals surface area contributed by atoms with Gasteiger partial charge in [0.15, 0.2) is 0 Å². The van der Waals surface area contributed by atoms with Gasteiger partial charge in [0, 0.05) is 12.3 Å². The number of aliphatic carboxylic acids is 1. The number of hydrogen-bond donors (Lipinski definition) is 1. The molecule has 4 heteroatoms. The number of hydrogen-bond acceptors (Lipinski definition) is 3. The van der Waals surface area contributed by atoms with E-state index in [-0.39, 0.29) is 0 Å². The van der Waals surface area contributed by atoms with Gasteiger partial charge in [-0.05, 0) is 123 Å². The third-order valence-electron chi connectivity index (χ3n) is 11.9. The monoisotopic (exact) mass is 449 g/mol. The van der Waals surface area contributed by atoms with Crippen LogP contribution in [0.3, 0.4) is 0 Å². The predicted octanol–water partition coefficient (Wildman–Crippen LogP) is 6.35. The molecule has 1 aromatic heterocycles. The van der Waals surface area contributed by atoms with Crippen molar-refractivity contribution < 1.29 is 14.6 Å². The average molecular weight is 450 g/mol. The van der Waals surface area contributed by atoms with Crippen LogP contribution in [0.4, 0.5) is 0 Å². The molecule has 1 aromatic rings. The first-order valence-electron chi connectivity index (χ1n) is 13.8. The van der Waals surface area contributed by atoms with Gasteiger partial charge in [-0.2, -0.15) is 0 Å². The zero-order valence-electron chi connectivity index (χ0n) is 19.9. The summed E-state index contributed by atoms with van der Waals surface area (Å²) in [5.74, 6) is 4.71. The van der Waals surface area contributed by atoms with Gasteiger partial charge in [-0.15, -0.1) is 0 Å². The minimum atomic E-state index is -0.453. The largest absolute Gasteiger partial charge is 0.481 e. The molecule has 0 aromatic carbocycles. The van der Waals surface area contributed by atoms with Gasteiger partial charge in [0.1, 0.15) is 0 Å². The first-order chi connectivity index (χ1) is 16.0. The van der Waals surface area contributed by atoms with Crippen molar-refractivity contribution in [2.45, 2.75) is 83.5 Å². The zero-order chi connectivity index (χ0) is 22.3. The zero-order valence-corrected chi connectivity index (χ0v) is 19.9. The van der Waals surface area contributed by atoms with Crippen molar-refractivity contribution in [1.29, 1.82) is 0 Å². The molecule has 0 spiro atoms. The molecule has 4 nitrogen and oxygen atoms in total. The van der Waals surface area contributed by atoms with Gasteiger partial charge < -0.3 is 9.84 Å². The Morgan fingerprint density at radius 1 is 1.00 bits per heavy atom. The quantitative estimate of drug-likeness (QED) is 0.569. The van der Waals surface area contributed by atoms with Crippen molar-refractivity contribution >= 4 is 5.97 Å². The first kappa shape index (κ1) is 20.8. The minimum absolute atomic E-state index is 0.322. The number of rotatable bonds is 5. The molecular weight excluding hydrogens is 410 g/mol. The number of ether oxygens (including phenoxy) is 1. The summed E-state index contributed by atoms with van der Waals surface area (Å²) in [6.07, 6.45) is 18.1. The van der Waals surface area contributed by atoms with Crippen LogP contribution in [0.15, 0.2) is 24.4 Å². The number of carbonyl (C=O) groups is 1. The van der Waals surface area contributed by atoms with E-state index in [9.17, 15) is 9.90 Å². The molecule has 0 aliphatic heterocycles. The van der Waals surface area contributed by atoms with Crippen LogP contribution >= 0.6 is 0 Å². The molecule has 9 atom stereocenters. The van der Waals surface area contributed by atoms with Crippen LogP contribution in [0.25, 0.3) is 0 Å². The van der Waals surface area contributed by atoms with E-state index in [4.69, 9.17) is 4.74 Å². The van der Waals surface area contributed by atoms with Crippen LogP contribution in [0.2, 0.25) is 0 Å². The second kappa shape index (κ2) is 7.21. The maximum Gasteiger partial charge on any atom is 0.309 e. The minimum Gasteiger partial charge on any atom is -0.481 e. The van der Waals surface area contributed by atoms with Crippen LogP contribution in [-0.4, -0.2) is 22.7 Å². The second-order valence-corrected chi connectivity index (χ2v) is 13.3. The number of nitrogens with zero attached hydrogens (tertiary/aromatic N) is 1. The van der Waals surface area contributed by atoms with Gasteiger partial charge in [0.25, 0.3) is 0 Å². The molecule has 1 N–H and O–H groups in total. The highest BCUT2D eigenvalue weighted by atomic mass is 16.5. The van der Waals surface area contributed by atoms with E-state index >= 15 is 0 Å². The average Bonchev–Trinajstić information content (AvgIpc) is 3.09. The fourth-order valence-corrected chi connectivity index (χ4v) is 11.0. The van der Waals surface area contributed by atoms with Crippen molar-refractivity contribution in [3.63, 3.8) is 0 Å². The van der Waals surface area contributed by atoms with Crippen molar-refractivity contribution in [2.24, 2.45) is 51.8 Å². The Morgan fingerprint density at radius 3 is 2.67 bits per heavy atom. The molecule has 6 bridgehead atoms. The number of carboxylic acid groups (broad SMARTS) is 1. The maximum atomic E-state index is 12.7. The van der Waals surface area contributed by atoms with Crippen molar-refractivity contribution in [1.82, 2.24) is 4.98 Å². The summed E-state index contributed by atoms with van der Waals surface area (Å²) in [7, 11) is 0. The molecule has 0 amide bonds. The van der Waals surface area contributed by atoms with Crippen LogP contribution in [0, 0.1) is 51.8 Å². The number of carboxylic acids is 1. The molecule has 6 aliphatic rings. The summed E-state index contributed by atoms with van der Waals surface area (Å²) in [4.78, 5) is 17.1. The van der Waals surface area contributed by atoms with E-state index < -0.39 is 11.4 Å². The Kier molecular flexibility index (Phi) is 4.54. The SMILES string of the molecule is O=C(O)C12CCCC3CC1CC(C14CC5CC(COc6ccccn6)CC(C1)C(C5)C4)(C3)C2. The molecule has 33 heavy (non-hydrogen) atoms. The Morgan fingerprint density at radius 2 is 1.85 bits per heavy atom. The Balaban J connectivity index is 1.15. The highest BCUT2D eigenvalue weighted by Crippen LogP contribution is 2.77. The van der Waals surface area contributed by atoms with Crippen molar-refractivity contribution in [3.8, 4) is 5.88 Å². The Hall–Kier alpha value is -1.58. The highest BCUT2D eigenvalue weighted by molar-refractivity contribution is 5.76. The fourth-order valence-electron chi connectivity index (χ4n) is 11.0. The van der Waals surface area contributed by atoms with Crippen molar-refractivity contribution in [3.05, 3.63) is 24.4 Å². The van der Waals surface area contributed by atoms with Crippen LogP contribution in [0.5, 0.6) is 5.88 Å². The van der Waals surface area contributed by atoms with E-state index in [1.54, 1.807) is 0 Å². The Bertz CT molecular complexity index is 930. The van der Waals surface area contributed by atoms with Gasteiger partial charge >= 0.3 is 5.97 Å². The molecular formula is C29H39NO3. The summed E-state index contributed by atoms with van der Waals surface area (Å²) in [6.45, 7) is 0.807. The topological polar surface area (TPSA) is 59.4 Å². The summed E-state index contributed by atoms with van der Waals surface area (Å²) in [5.41, 5.74) is 0.357. The lowest BCUT2D eigenvalue weighted by Gasteiger charge is -2.55. The van der Waals surface area contributed by atoms with Gasteiger partial charge in [0.2, 0.25) is 5.88 Å². The van der Waals surface area contributed by atoms with Gasteiger partial charge in [0.05, 0.1) is 12.0 Å². The predicted molar refractivity (Wildman–Crippen MR) is 126 cm³/mol. The summed E-state index contributed by atoms with van der Waals surface area (Å²) in [5, 5.41) is 10.5. The third-order valence-corrected chi connectivity index (χ3v) is 11.9. The lowest BCUT2D eigenvalue weighted by Crippen LogP contribution is -2.46. The summed E-state index contributed by atoms with van der Waals surface area (Å²) in [6, 6.07) is 5.91. The van der Waals surface area contributed by atoms with E-state index in [2.05, 4.69) is 4.98 Å². The third kappa shape index (κ3) is 3.01. The number of fused-ring (bicyclic) bond motifs is 5. The van der Waals surface area contributed by atoms with Crippen LogP contribution in [-0.2, 0) is 4.79 Å². The normalized spacial score (nSPS) is 49.6. The molecule has 0 radical (unpaired) electrons. The van der Waals surface area contributed by atoms with E-state index in [0.717, 1.165) is 55.4 Å². The first-order valence-corrected chi connectivity index (χ1v) is 13.8. The maximum absolute atomic E-state index is 12.7. The second-order valence-electron chi connectivity index (χ2n) is 13.3. The van der Waals surface area contributed by atoms with E-state index in [1.165, 1.54) is 64.2 Å².